The average Bonchev–Trinajstić information content (AvgIpc) is 2.69. The van der Waals surface area contributed by atoms with E-state index in [1.807, 2.05) is 31.2 Å². The molecule has 0 saturated carbocycles. The molecule has 0 fully saturated rings. The molecule has 0 radical (unpaired) electrons. The molecule has 6 heteroatoms. The number of benzene rings is 1. The van der Waals surface area contributed by atoms with Gasteiger partial charge in [0, 0.05) is 45.0 Å². The second-order valence-electron chi connectivity index (χ2n) is 6.65. The number of amides is 1. The van der Waals surface area contributed by atoms with E-state index < -0.39 is 0 Å². The lowest BCUT2D eigenvalue weighted by atomic mass is 10.1. The van der Waals surface area contributed by atoms with Crippen molar-refractivity contribution in [1.29, 1.82) is 0 Å². The number of nitrogens with zero attached hydrogens (tertiary/aromatic N) is 1. The van der Waals surface area contributed by atoms with E-state index in [4.69, 9.17) is 4.74 Å². The van der Waals surface area contributed by atoms with Crippen molar-refractivity contribution in [1.82, 2.24) is 16.0 Å². The fourth-order valence-corrected chi connectivity index (χ4v) is 2.32. The monoisotopic (exact) mass is 376 g/mol. The number of unbranched alkanes of at least 4 members (excludes halogenated alkanes) is 1. The van der Waals surface area contributed by atoms with Crippen molar-refractivity contribution in [3.63, 3.8) is 0 Å². The van der Waals surface area contributed by atoms with Gasteiger partial charge in [0.05, 0.1) is 0 Å². The van der Waals surface area contributed by atoms with E-state index in [2.05, 4.69) is 34.8 Å². The van der Waals surface area contributed by atoms with Crippen molar-refractivity contribution in [2.45, 2.75) is 59.0 Å². The van der Waals surface area contributed by atoms with Gasteiger partial charge >= 0.3 is 0 Å². The molecule has 1 unspecified atom stereocenters. The van der Waals surface area contributed by atoms with E-state index in [1.54, 1.807) is 7.05 Å². The maximum Gasteiger partial charge on any atom is 0.251 e. The number of aliphatic imine (C=N–C) groups is 1. The van der Waals surface area contributed by atoms with Gasteiger partial charge in [0.1, 0.15) is 0 Å². The number of nitrogens with one attached hydrogen (secondary N) is 3. The van der Waals surface area contributed by atoms with E-state index in [9.17, 15) is 4.79 Å². The smallest absolute Gasteiger partial charge is 0.251 e. The summed E-state index contributed by atoms with van der Waals surface area (Å²) in [6, 6.07) is 7.84. The maximum absolute atomic E-state index is 12.1. The van der Waals surface area contributed by atoms with Gasteiger partial charge in [-0.25, -0.2) is 0 Å². The lowest BCUT2D eigenvalue weighted by molar-refractivity contribution is 0.0939. The zero-order valence-corrected chi connectivity index (χ0v) is 17.3. The predicted octanol–water partition coefficient (Wildman–Crippen LogP) is 3.09. The molecule has 3 N–H and O–H groups in total. The minimum Gasteiger partial charge on any atom is -0.381 e. The van der Waals surface area contributed by atoms with Crippen LogP contribution in [0.1, 0.15) is 62.4 Å². The first-order valence-corrected chi connectivity index (χ1v) is 10.0. The third kappa shape index (κ3) is 9.99. The van der Waals surface area contributed by atoms with E-state index >= 15 is 0 Å². The van der Waals surface area contributed by atoms with Gasteiger partial charge in [-0.1, -0.05) is 32.4 Å². The molecule has 1 aromatic rings. The quantitative estimate of drug-likeness (QED) is 0.298. The Labute approximate surface area is 164 Å². The van der Waals surface area contributed by atoms with Gasteiger partial charge < -0.3 is 20.7 Å². The molecular weight excluding hydrogens is 340 g/mol. The summed E-state index contributed by atoms with van der Waals surface area (Å²) in [5.41, 5.74) is 1.78. The summed E-state index contributed by atoms with van der Waals surface area (Å²) in [6.45, 7) is 9.31. The summed E-state index contributed by atoms with van der Waals surface area (Å²) in [4.78, 5) is 16.3. The molecule has 0 aromatic heterocycles. The third-order valence-electron chi connectivity index (χ3n) is 4.29. The van der Waals surface area contributed by atoms with Crippen LogP contribution >= 0.6 is 0 Å². The molecule has 152 valence electrons. The van der Waals surface area contributed by atoms with Gasteiger partial charge in [-0.3, -0.25) is 9.79 Å². The lowest BCUT2D eigenvalue weighted by Crippen LogP contribution is -2.37. The van der Waals surface area contributed by atoms with Gasteiger partial charge in [0.15, 0.2) is 5.96 Å². The Hall–Kier alpha value is -2.08. The van der Waals surface area contributed by atoms with Crippen molar-refractivity contribution >= 4 is 11.9 Å². The van der Waals surface area contributed by atoms with Crippen LogP contribution in [0.5, 0.6) is 0 Å². The first-order valence-electron chi connectivity index (χ1n) is 10.0. The summed E-state index contributed by atoms with van der Waals surface area (Å²) in [6.07, 6.45) is 4.15. The van der Waals surface area contributed by atoms with Crippen LogP contribution in [0, 0.1) is 0 Å². The van der Waals surface area contributed by atoms with Crippen LogP contribution in [-0.2, 0) is 11.3 Å². The number of hydrogen-bond donors (Lipinski definition) is 3. The number of guanidine groups is 1. The topological polar surface area (TPSA) is 74.8 Å². The van der Waals surface area contributed by atoms with E-state index in [-0.39, 0.29) is 11.9 Å². The van der Waals surface area contributed by atoms with Gasteiger partial charge in [-0.15, -0.1) is 0 Å². The summed E-state index contributed by atoms with van der Waals surface area (Å²) < 4.78 is 5.55. The molecule has 0 saturated heterocycles. The van der Waals surface area contributed by atoms with E-state index in [0.717, 1.165) is 50.5 Å². The second kappa shape index (κ2) is 14.0. The molecule has 1 rings (SSSR count). The SMILES string of the molecule is CCCCOCCCNC(=NC)NCc1ccc(C(=O)NC(C)CC)cc1. The summed E-state index contributed by atoms with van der Waals surface area (Å²) in [5.74, 6) is 0.740. The summed E-state index contributed by atoms with van der Waals surface area (Å²) in [5, 5.41) is 9.54. The summed E-state index contributed by atoms with van der Waals surface area (Å²) >= 11 is 0. The molecule has 27 heavy (non-hydrogen) atoms. The molecule has 0 spiro atoms. The maximum atomic E-state index is 12.1. The zero-order valence-electron chi connectivity index (χ0n) is 17.3. The van der Waals surface area contributed by atoms with Crippen molar-refractivity contribution in [3.8, 4) is 0 Å². The number of carbonyl (C=O) groups is 1. The number of carbonyl (C=O) groups excluding carboxylic acids is 1. The number of ether oxygens (including phenoxy) is 1. The fraction of sp³-hybridized carbons (Fsp3) is 0.619. The minimum atomic E-state index is -0.0255. The Balaban J connectivity index is 2.31. The van der Waals surface area contributed by atoms with Gasteiger partial charge in [-0.2, -0.15) is 0 Å². The highest BCUT2D eigenvalue weighted by atomic mass is 16.5. The van der Waals surface area contributed by atoms with Crippen molar-refractivity contribution < 1.29 is 9.53 Å². The Morgan fingerprint density at radius 3 is 2.44 bits per heavy atom. The highest BCUT2D eigenvalue weighted by Gasteiger charge is 2.08. The zero-order chi connectivity index (χ0) is 19.9. The van der Waals surface area contributed by atoms with Crippen LogP contribution in [0.25, 0.3) is 0 Å². The highest BCUT2D eigenvalue weighted by molar-refractivity contribution is 5.94. The molecule has 0 heterocycles. The van der Waals surface area contributed by atoms with Crippen LogP contribution in [-0.4, -0.2) is 44.7 Å². The molecule has 0 bridgehead atoms. The first-order chi connectivity index (χ1) is 13.1. The molecule has 6 nitrogen and oxygen atoms in total. The normalized spacial score (nSPS) is 12.5. The van der Waals surface area contributed by atoms with Crippen molar-refractivity contribution in [3.05, 3.63) is 35.4 Å². The lowest BCUT2D eigenvalue weighted by Gasteiger charge is -2.13. The van der Waals surface area contributed by atoms with Crippen molar-refractivity contribution in [2.24, 2.45) is 4.99 Å². The van der Waals surface area contributed by atoms with E-state index in [1.165, 1.54) is 6.42 Å². The molecule has 0 aliphatic rings. The molecular formula is C21H36N4O2. The fourth-order valence-electron chi connectivity index (χ4n) is 2.32. The molecule has 1 atom stereocenters. The third-order valence-corrected chi connectivity index (χ3v) is 4.29. The van der Waals surface area contributed by atoms with Gasteiger partial charge in [0.2, 0.25) is 0 Å². The van der Waals surface area contributed by atoms with Crippen LogP contribution in [0.15, 0.2) is 29.3 Å². The molecule has 1 amide bonds. The Morgan fingerprint density at radius 2 is 1.81 bits per heavy atom. The molecule has 0 aliphatic carbocycles. The number of rotatable bonds is 12. The largest absolute Gasteiger partial charge is 0.381 e. The van der Waals surface area contributed by atoms with Crippen molar-refractivity contribution in [2.75, 3.05) is 26.8 Å². The van der Waals surface area contributed by atoms with Crippen LogP contribution in [0.4, 0.5) is 0 Å². The van der Waals surface area contributed by atoms with Gasteiger partial charge in [-0.05, 0) is 43.9 Å². The summed E-state index contributed by atoms with van der Waals surface area (Å²) in [7, 11) is 1.76. The molecule has 0 aliphatic heterocycles. The van der Waals surface area contributed by atoms with Crippen LogP contribution in [0.3, 0.4) is 0 Å². The first kappa shape index (κ1) is 23.0. The standard InChI is InChI=1S/C21H36N4O2/c1-5-7-14-27-15-8-13-23-21(22-4)24-16-18-9-11-19(12-10-18)20(26)25-17(3)6-2/h9-12,17H,5-8,13-16H2,1-4H3,(H,25,26)(H2,22,23,24). The second-order valence-corrected chi connectivity index (χ2v) is 6.65. The highest BCUT2D eigenvalue weighted by Crippen LogP contribution is 2.05. The Kier molecular flexibility index (Phi) is 11.9. The van der Waals surface area contributed by atoms with Crippen LogP contribution < -0.4 is 16.0 Å². The number of hydrogen-bond acceptors (Lipinski definition) is 3. The van der Waals surface area contributed by atoms with E-state index in [0.29, 0.717) is 12.1 Å². The van der Waals surface area contributed by atoms with Gasteiger partial charge in [0.25, 0.3) is 5.91 Å². The minimum absolute atomic E-state index is 0.0255. The van der Waals surface area contributed by atoms with Crippen LogP contribution in [0.2, 0.25) is 0 Å². The predicted molar refractivity (Wildman–Crippen MR) is 112 cm³/mol. The Bertz CT molecular complexity index is 558. The molecule has 1 aromatic carbocycles. The Morgan fingerprint density at radius 1 is 1.11 bits per heavy atom. The average molecular weight is 377 g/mol.